The minimum Gasteiger partial charge on any atom is -0.493 e. The van der Waals surface area contributed by atoms with Gasteiger partial charge in [-0.3, -0.25) is 4.79 Å². The zero-order valence-electron chi connectivity index (χ0n) is 11.5. The molecule has 0 aliphatic heterocycles. The van der Waals surface area contributed by atoms with Gasteiger partial charge in [-0.2, -0.15) is 0 Å². The summed E-state index contributed by atoms with van der Waals surface area (Å²) in [5.74, 6) is 1.35. The molecule has 2 rings (SSSR count). The van der Waals surface area contributed by atoms with E-state index in [1.54, 1.807) is 19.2 Å². The predicted octanol–water partition coefficient (Wildman–Crippen LogP) is 3.10. The standard InChI is InChI=1S/C16H16O4/c1-18-14-9-8-13(10-17)15(16(14)19-2)20-11-12-6-4-3-5-7-12/h3-10H,11H2,1-2H3. The Balaban J connectivity index is 2.31. The second kappa shape index (κ2) is 6.61. The molecule has 0 spiro atoms. The molecule has 20 heavy (non-hydrogen) atoms. The highest BCUT2D eigenvalue weighted by Gasteiger charge is 2.16. The molecule has 0 heterocycles. The second-order valence-corrected chi connectivity index (χ2v) is 4.11. The molecule has 4 heteroatoms. The Bertz CT molecular complexity index is 579. The van der Waals surface area contributed by atoms with Gasteiger partial charge in [0.25, 0.3) is 0 Å². The Morgan fingerprint density at radius 1 is 0.950 bits per heavy atom. The van der Waals surface area contributed by atoms with Gasteiger partial charge in [0.1, 0.15) is 6.61 Å². The van der Waals surface area contributed by atoms with E-state index < -0.39 is 0 Å². The van der Waals surface area contributed by atoms with Crippen molar-refractivity contribution < 1.29 is 19.0 Å². The topological polar surface area (TPSA) is 44.8 Å². The molecule has 4 nitrogen and oxygen atoms in total. The Morgan fingerprint density at radius 3 is 2.30 bits per heavy atom. The maximum Gasteiger partial charge on any atom is 0.204 e. The first-order valence-electron chi connectivity index (χ1n) is 6.17. The van der Waals surface area contributed by atoms with Gasteiger partial charge in [-0.05, 0) is 17.7 Å². The molecule has 2 aromatic carbocycles. The SMILES string of the molecule is COc1ccc(C=O)c(OCc2ccccc2)c1OC. The lowest BCUT2D eigenvalue weighted by Gasteiger charge is -2.15. The summed E-state index contributed by atoms with van der Waals surface area (Å²) < 4.78 is 16.2. The van der Waals surface area contributed by atoms with Crippen molar-refractivity contribution in [1.29, 1.82) is 0 Å². The molecule has 104 valence electrons. The van der Waals surface area contributed by atoms with Gasteiger partial charge in [-0.1, -0.05) is 30.3 Å². The third-order valence-corrected chi connectivity index (χ3v) is 2.88. The van der Waals surface area contributed by atoms with Gasteiger partial charge in [-0.15, -0.1) is 0 Å². The van der Waals surface area contributed by atoms with Gasteiger partial charge < -0.3 is 14.2 Å². The van der Waals surface area contributed by atoms with Crippen LogP contribution in [0.3, 0.4) is 0 Å². The van der Waals surface area contributed by atoms with Gasteiger partial charge in [-0.25, -0.2) is 0 Å². The van der Waals surface area contributed by atoms with Crippen LogP contribution in [-0.2, 0) is 6.61 Å². The molecule has 2 aromatic rings. The Kier molecular flexibility index (Phi) is 4.60. The van der Waals surface area contributed by atoms with Gasteiger partial charge in [0.15, 0.2) is 17.8 Å². The Hall–Kier alpha value is -2.49. The first-order chi connectivity index (χ1) is 9.80. The molecule has 0 saturated carbocycles. The van der Waals surface area contributed by atoms with E-state index in [1.807, 2.05) is 30.3 Å². The van der Waals surface area contributed by atoms with Crippen molar-refractivity contribution in [3.05, 3.63) is 53.6 Å². The van der Waals surface area contributed by atoms with Crippen LogP contribution in [0.5, 0.6) is 17.2 Å². The van der Waals surface area contributed by atoms with E-state index in [9.17, 15) is 4.79 Å². The van der Waals surface area contributed by atoms with E-state index in [0.717, 1.165) is 11.8 Å². The maximum atomic E-state index is 11.1. The van der Waals surface area contributed by atoms with E-state index in [-0.39, 0.29) is 0 Å². The Labute approximate surface area is 117 Å². The third kappa shape index (κ3) is 2.91. The average molecular weight is 272 g/mol. The minimum atomic E-state index is 0.352. The lowest BCUT2D eigenvalue weighted by molar-refractivity contribution is 0.111. The monoisotopic (exact) mass is 272 g/mol. The minimum absolute atomic E-state index is 0.352. The highest BCUT2D eigenvalue weighted by Crippen LogP contribution is 2.39. The number of ether oxygens (including phenoxy) is 3. The Morgan fingerprint density at radius 2 is 1.70 bits per heavy atom. The highest BCUT2D eigenvalue weighted by molar-refractivity contribution is 5.82. The zero-order valence-corrected chi connectivity index (χ0v) is 11.5. The molecular weight excluding hydrogens is 256 g/mol. The zero-order chi connectivity index (χ0) is 14.4. The van der Waals surface area contributed by atoms with Crippen molar-refractivity contribution in [2.75, 3.05) is 14.2 Å². The van der Waals surface area contributed by atoms with Gasteiger partial charge in [0.05, 0.1) is 19.8 Å². The number of benzene rings is 2. The summed E-state index contributed by atoms with van der Waals surface area (Å²) in [7, 11) is 3.06. The summed E-state index contributed by atoms with van der Waals surface area (Å²) in [6.45, 7) is 0.352. The van der Waals surface area contributed by atoms with Gasteiger partial charge >= 0.3 is 0 Å². The van der Waals surface area contributed by atoms with E-state index in [2.05, 4.69) is 0 Å². The number of aldehydes is 1. The molecule has 0 radical (unpaired) electrons. The van der Waals surface area contributed by atoms with Gasteiger partial charge in [0.2, 0.25) is 5.75 Å². The molecule has 0 bridgehead atoms. The summed E-state index contributed by atoms with van der Waals surface area (Å²) in [5, 5.41) is 0. The first-order valence-corrected chi connectivity index (χ1v) is 6.17. The van der Waals surface area contributed by atoms with Crippen molar-refractivity contribution in [3.63, 3.8) is 0 Å². The number of carbonyl (C=O) groups excluding carboxylic acids is 1. The van der Waals surface area contributed by atoms with Crippen LogP contribution >= 0.6 is 0 Å². The fourth-order valence-corrected chi connectivity index (χ4v) is 1.89. The molecule has 0 N–H and O–H groups in total. The molecule has 0 atom stereocenters. The van der Waals surface area contributed by atoms with Crippen LogP contribution in [-0.4, -0.2) is 20.5 Å². The smallest absolute Gasteiger partial charge is 0.204 e. The number of hydrogen-bond donors (Lipinski definition) is 0. The van der Waals surface area contributed by atoms with Crippen LogP contribution < -0.4 is 14.2 Å². The average Bonchev–Trinajstić information content (AvgIpc) is 2.52. The van der Waals surface area contributed by atoms with Crippen molar-refractivity contribution in [1.82, 2.24) is 0 Å². The van der Waals surface area contributed by atoms with E-state index in [0.29, 0.717) is 29.4 Å². The van der Waals surface area contributed by atoms with Crippen molar-refractivity contribution >= 4 is 6.29 Å². The molecule has 0 aromatic heterocycles. The largest absolute Gasteiger partial charge is 0.493 e. The molecule has 0 saturated heterocycles. The third-order valence-electron chi connectivity index (χ3n) is 2.88. The normalized spacial score (nSPS) is 9.90. The quantitative estimate of drug-likeness (QED) is 0.758. The fourth-order valence-electron chi connectivity index (χ4n) is 1.89. The predicted molar refractivity (Wildman–Crippen MR) is 75.7 cm³/mol. The van der Waals surface area contributed by atoms with E-state index >= 15 is 0 Å². The lowest BCUT2D eigenvalue weighted by atomic mass is 10.2. The van der Waals surface area contributed by atoms with E-state index in [4.69, 9.17) is 14.2 Å². The maximum absolute atomic E-state index is 11.1. The van der Waals surface area contributed by atoms with E-state index in [1.165, 1.54) is 7.11 Å². The van der Waals surface area contributed by atoms with Crippen LogP contribution in [0.4, 0.5) is 0 Å². The summed E-state index contributed by atoms with van der Waals surface area (Å²) in [5.41, 5.74) is 1.44. The summed E-state index contributed by atoms with van der Waals surface area (Å²) in [6.07, 6.45) is 0.738. The van der Waals surface area contributed by atoms with Gasteiger partial charge in [0, 0.05) is 0 Å². The van der Waals surface area contributed by atoms with Crippen LogP contribution in [0.25, 0.3) is 0 Å². The molecule has 0 aliphatic rings. The highest BCUT2D eigenvalue weighted by atomic mass is 16.5. The number of rotatable bonds is 6. The second-order valence-electron chi connectivity index (χ2n) is 4.11. The number of hydrogen-bond acceptors (Lipinski definition) is 4. The molecule has 0 amide bonds. The fraction of sp³-hybridized carbons (Fsp3) is 0.188. The molecular formula is C16H16O4. The van der Waals surface area contributed by atoms with Crippen molar-refractivity contribution in [2.45, 2.75) is 6.61 Å². The van der Waals surface area contributed by atoms with Crippen LogP contribution in [0.1, 0.15) is 15.9 Å². The number of carbonyl (C=O) groups is 1. The van der Waals surface area contributed by atoms with Crippen molar-refractivity contribution in [3.8, 4) is 17.2 Å². The first kappa shape index (κ1) is 13.9. The van der Waals surface area contributed by atoms with Crippen molar-refractivity contribution in [2.24, 2.45) is 0 Å². The molecule has 0 aliphatic carbocycles. The lowest BCUT2D eigenvalue weighted by Crippen LogP contribution is -2.02. The van der Waals surface area contributed by atoms with Crippen LogP contribution in [0.2, 0.25) is 0 Å². The summed E-state index contributed by atoms with van der Waals surface area (Å²) in [6, 6.07) is 13.0. The summed E-state index contributed by atoms with van der Waals surface area (Å²) in [4.78, 5) is 11.1. The number of methoxy groups -OCH3 is 2. The molecule has 0 fully saturated rings. The summed E-state index contributed by atoms with van der Waals surface area (Å²) >= 11 is 0. The molecule has 0 unspecified atom stereocenters. The van der Waals surface area contributed by atoms with Crippen LogP contribution in [0.15, 0.2) is 42.5 Å². The van der Waals surface area contributed by atoms with Crippen LogP contribution in [0, 0.1) is 0 Å².